The zero-order valence-electron chi connectivity index (χ0n) is 25.3. The van der Waals surface area contributed by atoms with E-state index in [1.807, 2.05) is 0 Å². The van der Waals surface area contributed by atoms with Gasteiger partial charge in [0, 0.05) is 12.8 Å². The molecular formula is C34H64O4. The molecule has 0 aliphatic carbocycles. The molecule has 0 saturated heterocycles. The average molecular weight is 537 g/mol. The number of carboxylic acid groups (broad SMARTS) is 1. The zero-order valence-corrected chi connectivity index (χ0v) is 25.3. The fourth-order valence-electron chi connectivity index (χ4n) is 4.92. The van der Waals surface area contributed by atoms with Crippen molar-refractivity contribution in [2.75, 3.05) is 6.61 Å². The van der Waals surface area contributed by atoms with Gasteiger partial charge in [-0.15, -0.1) is 0 Å². The third-order valence-corrected chi connectivity index (χ3v) is 7.44. The van der Waals surface area contributed by atoms with Gasteiger partial charge in [0.1, 0.15) is 0 Å². The summed E-state index contributed by atoms with van der Waals surface area (Å²) in [5, 5.41) is 8.61. The Balaban J connectivity index is 3.20. The van der Waals surface area contributed by atoms with Crippen LogP contribution in [-0.4, -0.2) is 23.7 Å². The molecule has 0 aromatic heterocycles. The van der Waals surface area contributed by atoms with Gasteiger partial charge in [-0.05, 0) is 44.9 Å². The number of carboxylic acids is 1. The van der Waals surface area contributed by atoms with Gasteiger partial charge in [0.25, 0.3) is 0 Å². The predicted octanol–water partition coefficient (Wildman–Crippen LogP) is 11.1. The summed E-state index contributed by atoms with van der Waals surface area (Å²) in [6.07, 6.45) is 37.8. The summed E-state index contributed by atoms with van der Waals surface area (Å²) in [4.78, 5) is 22.3. The molecule has 0 atom stereocenters. The summed E-state index contributed by atoms with van der Waals surface area (Å²) in [6, 6.07) is 0. The van der Waals surface area contributed by atoms with Crippen LogP contribution >= 0.6 is 0 Å². The topological polar surface area (TPSA) is 63.6 Å². The molecule has 0 aliphatic heterocycles. The highest BCUT2D eigenvalue weighted by atomic mass is 16.5. The lowest BCUT2D eigenvalue weighted by Gasteiger charge is -2.05. The summed E-state index contributed by atoms with van der Waals surface area (Å²) in [5.74, 6) is -0.690. The molecule has 0 aromatic rings. The van der Waals surface area contributed by atoms with Gasteiger partial charge in [0.05, 0.1) is 6.61 Å². The number of esters is 1. The van der Waals surface area contributed by atoms with Gasteiger partial charge in [-0.25, -0.2) is 0 Å². The van der Waals surface area contributed by atoms with Gasteiger partial charge >= 0.3 is 11.9 Å². The van der Waals surface area contributed by atoms with E-state index >= 15 is 0 Å². The third kappa shape index (κ3) is 32.7. The number of carbonyl (C=O) groups is 2. The Kier molecular flexibility index (Phi) is 30.8. The van der Waals surface area contributed by atoms with Crippen molar-refractivity contribution in [2.45, 2.75) is 187 Å². The number of ether oxygens (including phenoxy) is 1. The van der Waals surface area contributed by atoms with Gasteiger partial charge in [-0.3, -0.25) is 9.59 Å². The second kappa shape index (κ2) is 31.9. The predicted molar refractivity (Wildman–Crippen MR) is 163 cm³/mol. The normalized spacial score (nSPS) is 11.4. The first kappa shape index (κ1) is 36.7. The van der Waals surface area contributed by atoms with Gasteiger partial charge < -0.3 is 9.84 Å². The Bertz CT molecular complexity index is 529. The van der Waals surface area contributed by atoms with E-state index in [0.717, 1.165) is 44.9 Å². The molecule has 0 radical (unpaired) electrons. The van der Waals surface area contributed by atoms with Gasteiger partial charge in [0.2, 0.25) is 0 Å². The number of carbonyl (C=O) groups excluding carboxylic acids is 1. The molecule has 0 aromatic carbocycles. The lowest BCUT2D eigenvalue weighted by Crippen LogP contribution is -2.05. The van der Waals surface area contributed by atoms with Crippen LogP contribution in [0.5, 0.6) is 0 Å². The smallest absolute Gasteiger partial charge is 0.305 e. The Hall–Kier alpha value is -1.32. The summed E-state index contributed by atoms with van der Waals surface area (Å²) >= 11 is 0. The maximum absolute atomic E-state index is 11.9. The average Bonchev–Trinajstić information content (AvgIpc) is 2.90. The van der Waals surface area contributed by atoms with Crippen molar-refractivity contribution >= 4 is 11.9 Å². The minimum absolute atomic E-state index is 0.0129. The second-order valence-electron chi connectivity index (χ2n) is 11.3. The highest BCUT2D eigenvalue weighted by molar-refractivity contribution is 5.69. The van der Waals surface area contributed by atoms with Crippen LogP contribution in [0.15, 0.2) is 12.2 Å². The number of allylic oxidation sites excluding steroid dienone is 2. The summed E-state index contributed by atoms with van der Waals surface area (Å²) in [7, 11) is 0. The van der Waals surface area contributed by atoms with Gasteiger partial charge in [-0.2, -0.15) is 0 Å². The van der Waals surface area contributed by atoms with E-state index in [4.69, 9.17) is 9.84 Å². The zero-order chi connectivity index (χ0) is 27.8. The quantitative estimate of drug-likeness (QED) is 0.0543. The largest absolute Gasteiger partial charge is 0.481 e. The van der Waals surface area contributed by atoms with Gasteiger partial charge in [-0.1, -0.05) is 141 Å². The summed E-state index contributed by atoms with van der Waals surface area (Å²) < 4.78 is 5.40. The Labute approximate surface area is 236 Å². The van der Waals surface area contributed by atoms with E-state index in [-0.39, 0.29) is 5.97 Å². The van der Waals surface area contributed by atoms with Crippen LogP contribution in [0.4, 0.5) is 0 Å². The van der Waals surface area contributed by atoms with Crippen LogP contribution < -0.4 is 0 Å². The van der Waals surface area contributed by atoms with E-state index < -0.39 is 5.97 Å². The van der Waals surface area contributed by atoms with Crippen LogP contribution in [0.1, 0.15) is 187 Å². The first-order chi connectivity index (χ1) is 18.7. The lowest BCUT2D eigenvalue weighted by atomic mass is 10.1. The van der Waals surface area contributed by atoms with Crippen LogP contribution in [0.3, 0.4) is 0 Å². The monoisotopic (exact) mass is 536 g/mol. The molecule has 224 valence electrons. The van der Waals surface area contributed by atoms with Crippen molar-refractivity contribution in [1.82, 2.24) is 0 Å². The number of hydrogen-bond acceptors (Lipinski definition) is 3. The molecule has 4 heteroatoms. The highest BCUT2D eigenvalue weighted by Gasteiger charge is 2.03. The molecular weight excluding hydrogens is 472 g/mol. The Morgan fingerprint density at radius 1 is 0.500 bits per heavy atom. The summed E-state index contributed by atoms with van der Waals surface area (Å²) in [6.45, 7) is 2.86. The standard InChI is InChI=1S/C34H64O4/c1-2-3-4-5-6-7-8-9-10-11-12-13-16-19-22-25-28-31-34(37)38-32-29-26-23-20-17-14-15-18-21-24-27-30-33(35)36/h9-10H,2-8,11-32H2,1H3,(H,35,36). The maximum Gasteiger partial charge on any atom is 0.305 e. The Morgan fingerprint density at radius 2 is 0.868 bits per heavy atom. The molecule has 0 unspecified atom stereocenters. The maximum atomic E-state index is 11.9. The SMILES string of the molecule is CCCCCCCCC=CCCCCCCCCCC(=O)OCCCCCCCCCCCCCC(=O)O. The Morgan fingerprint density at radius 3 is 1.32 bits per heavy atom. The summed E-state index contributed by atoms with van der Waals surface area (Å²) in [5.41, 5.74) is 0. The molecule has 4 nitrogen and oxygen atoms in total. The van der Waals surface area contributed by atoms with Crippen molar-refractivity contribution < 1.29 is 19.4 Å². The third-order valence-electron chi connectivity index (χ3n) is 7.44. The first-order valence-corrected chi connectivity index (χ1v) is 16.7. The molecule has 0 spiro atoms. The lowest BCUT2D eigenvalue weighted by molar-refractivity contribution is -0.144. The molecule has 0 rings (SSSR count). The van der Waals surface area contributed by atoms with Crippen LogP contribution in [0, 0.1) is 0 Å². The van der Waals surface area contributed by atoms with Crippen LogP contribution in [0.25, 0.3) is 0 Å². The van der Waals surface area contributed by atoms with Crippen LogP contribution in [-0.2, 0) is 14.3 Å². The first-order valence-electron chi connectivity index (χ1n) is 16.7. The molecule has 0 saturated carbocycles. The molecule has 0 amide bonds. The number of hydrogen-bond donors (Lipinski definition) is 1. The van der Waals surface area contributed by atoms with E-state index in [1.165, 1.54) is 122 Å². The minimum Gasteiger partial charge on any atom is -0.481 e. The van der Waals surface area contributed by atoms with Crippen molar-refractivity contribution in [3.05, 3.63) is 12.2 Å². The van der Waals surface area contributed by atoms with E-state index in [0.29, 0.717) is 19.4 Å². The fourth-order valence-corrected chi connectivity index (χ4v) is 4.92. The molecule has 38 heavy (non-hydrogen) atoms. The number of unbranched alkanes of at least 4 members (excludes halogenated alkanes) is 23. The molecule has 0 aliphatic rings. The minimum atomic E-state index is -0.677. The molecule has 0 heterocycles. The second-order valence-corrected chi connectivity index (χ2v) is 11.3. The molecule has 0 bridgehead atoms. The van der Waals surface area contributed by atoms with Gasteiger partial charge in [0.15, 0.2) is 0 Å². The van der Waals surface area contributed by atoms with E-state index in [2.05, 4.69) is 19.1 Å². The van der Waals surface area contributed by atoms with E-state index in [1.54, 1.807) is 0 Å². The van der Waals surface area contributed by atoms with E-state index in [9.17, 15) is 9.59 Å². The fraction of sp³-hybridized carbons (Fsp3) is 0.882. The van der Waals surface area contributed by atoms with Crippen molar-refractivity contribution in [3.8, 4) is 0 Å². The molecule has 0 fully saturated rings. The number of aliphatic carboxylic acids is 1. The van der Waals surface area contributed by atoms with Crippen LogP contribution in [0.2, 0.25) is 0 Å². The highest BCUT2D eigenvalue weighted by Crippen LogP contribution is 2.13. The molecule has 1 N–H and O–H groups in total. The number of rotatable bonds is 31. The van der Waals surface area contributed by atoms with Crippen molar-refractivity contribution in [3.63, 3.8) is 0 Å². The van der Waals surface area contributed by atoms with Crippen molar-refractivity contribution in [1.29, 1.82) is 0 Å². The van der Waals surface area contributed by atoms with Crippen molar-refractivity contribution in [2.24, 2.45) is 0 Å².